The van der Waals surface area contributed by atoms with E-state index in [-0.39, 0.29) is 5.41 Å². The highest BCUT2D eigenvalue weighted by Gasteiger charge is 2.13. The van der Waals surface area contributed by atoms with Gasteiger partial charge in [0, 0.05) is 5.02 Å². The lowest BCUT2D eigenvalue weighted by molar-refractivity contribution is 0.481. The number of nitrogens with zero attached hydrogens (tertiary/aromatic N) is 1. The zero-order valence-electron chi connectivity index (χ0n) is 15.7. The Morgan fingerprint density at radius 3 is 1.93 bits per heavy atom. The van der Waals surface area contributed by atoms with E-state index in [1.807, 2.05) is 60.7 Å². The number of hydrogen-bond donors (Lipinski definition) is 1. The first kappa shape index (κ1) is 19.0. The summed E-state index contributed by atoms with van der Waals surface area (Å²) in [4.78, 5) is 0. The first-order valence-electron chi connectivity index (χ1n) is 8.83. The van der Waals surface area contributed by atoms with E-state index in [0.29, 0.717) is 5.02 Å². The minimum Gasteiger partial charge on any atom is -0.457 e. The van der Waals surface area contributed by atoms with E-state index in [0.717, 1.165) is 22.7 Å². The van der Waals surface area contributed by atoms with Gasteiger partial charge in [-0.05, 0) is 77.2 Å². The largest absolute Gasteiger partial charge is 0.457 e. The molecule has 0 radical (unpaired) electrons. The van der Waals surface area contributed by atoms with Crippen LogP contribution in [0.15, 0.2) is 77.9 Å². The van der Waals surface area contributed by atoms with E-state index < -0.39 is 0 Å². The van der Waals surface area contributed by atoms with E-state index >= 15 is 0 Å². The lowest BCUT2D eigenvalue weighted by atomic mass is 9.87. The fraction of sp³-hybridized carbons (Fsp3) is 0.174. The summed E-state index contributed by atoms with van der Waals surface area (Å²) >= 11 is 5.86. The van der Waals surface area contributed by atoms with E-state index in [4.69, 9.17) is 16.3 Å². The van der Waals surface area contributed by atoms with Crippen molar-refractivity contribution in [1.29, 1.82) is 0 Å². The van der Waals surface area contributed by atoms with Crippen LogP contribution in [0.4, 0.5) is 5.69 Å². The third-order valence-corrected chi connectivity index (χ3v) is 4.34. The molecule has 1 N–H and O–H groups in total. The fourth-order valence-corrected chi connectivity index (χ4v) is 2.61. The molecule has 0 saturated carbocycles. The number of hydrazone groups is 1. The summed E-state index contributed by atoms with van der Waals surface area (Å²) in [6, 6.07) is 23.4. The Morgan fingerprint density at radius 2 is 1.37 bits per heavy atom. The first-order chi connectivity index (χ1) is 12.9. The summed E-state index contributed by atoms with van der Waals surface area (Å²) < 4.78 is 5.91. The summed E-state index contributed by atoms with van der Waals surface area (Å²) in [5.41, 5.74) is 6.26. The second-order valence-corrected chi connectivity index (χ2v) is 7.76. The maximum atomic E-state index is 5.91. The molecule has 0 saturated heterocycles. The molecule has 27 heavy (non-hydrogen) atoms. The SMILES string of the molecule is CC(C)(C)c1ccc(Oc2ccc(C=NNc3ccc(Cl)cc3)cc2)cc1. The van der Waals surface area contributed by atoms with E-state index in [2.05, 4.69) is 43.4 Å². The van der Waals surface area contributed by atoms with Crippen LogP contribution in [0.2, 0.25) is 5.02 Å². The molecule has 0 amide bonds. The van der Waals surface area contributed by atoms with Gasteiger partial charge < -0.3 is 4.74 Å². The average Bonchev–Trinajstić information content (AvgIpc) is 2.64. The number of ether oxygens (including phenoxy) is 1. The zero-order valence-corrected chi connectivity index (χ0v) is 16.5. The van der Waals surface area contributed by atoms with Crippen molar-refractivity contribution in [3.63, 3.8) is 0 Å². The van der Waals surface area contributed by atoms with Crippen molar-refractivity contribution < 1.29 is 4.74 Å². The van der Waals surface area contributed by atoms with Crippen molar-refractivity contribution in [3.05, 3.63) is 88.9 Å². The molecule has 0 fully saturated rings. The van der Waals surface area contributed by atoms with Crippen LogP contribution in [0.1, 0.15) is 31.9 Å². The van der Waals surface area contributed by atoms with Crippen LogP contribution in [0.3, 0.4) is 0 Å². The molecule has 3 nitrogen and oxygen atoms in total. The van der Waals surface area contributed by atoms with Crippen molar-refractivity contribution in [1.82, 2.24) is 0 Å². The van der Waals surface area contributed by atoms with Gasteiger partial charge in [0.25, 0.3) is 0 Å². The van der Waals surface area contributed by atoms with Gasteiger partial charge in [-0.25, -0.2) is 0 Å². The van der Waals surface area contributed by atoms with Gasteiger partial charge in [-0.2, -0.15) is 5.10 Å². The Morgan fingerprint density at radius 1 is 0.815 bits per heavy atom. The molecule has 0 atom stereocenters. The van der Waals surface area contributed by atoms with E-state index in [1.165, 1.54) is 5.56 Å². The second kappa shape index (κ2) is 8.28. The van der Waals surface area contributed by atoms with Crippen molar-refractivity contribution in [3.8, 4) is 11.5 Å². The normalized spacial score (nSPS) is 11.6. The van der Waals surface area contributed by atoms with Crippen LogP contribution in [-0.2, 0) is 5.41 Å². The zero-order chi connectivity index (χ0) is 19.3. The topological polar surface area (TPSA) is 33.6 Å². The molecule has 4 heteroatoms. The van der Waals surface area contributed by atoms with Crippen molar-refractivity contribution in [2.24, 2.45) is 5.10 Å². The molecule has 0 aliphatic rings. The van der Waals surface area contributed by atoms with Gasteiger partial charge in [-0.3, -0.25) is 5.43 Å². The van der Waals surface area contributed by atoms with Gasteiger partial charge in [0.1, 0.15) is 11.5 Å². The summed E-state index contributed by atoms with van der Waals surface area (Å²) in [5.74, 6) is 1.62. The van der Waals surface area contributed by atoms with Crippen LogP contribution >= 0.6 is 11.6 Å². The Bertz CT molecular complexity index is 893. The van der Waals surface area contributed by atoms with Gasteiger partial charge in [-0.15, -0.1) is 0 Å². The molecule has 0 heterocycles. The Balaban J connectivity index is 1.58. The highest BCUT2D eigenvalue weighted by Crippen LogP contribution is 2.27. The molecule has 3 aromatic rings. The van der Waals surface area contributed by atoms with Crippen molar-refractivity contribution in [2.75, 3.05) is 5.43 Å². The van der Waals surface area contributed by atoms with Crippen LogP contribution in [-0.4, -0.2) is 6.21 Å². The highest BCUT2D eigenvalue weighted by molar-refractivity contribution is 6.30. The molecule has 3 aromatic carbocycles. The van der Waals surface area contributed by atoms with Gasteiger partial charge in [0.05, 0.1) is 11.9 Å². The minimum absolute atomic E-state index is 0.138. The molecule has 0 aliphatic heterocycles. The lowest BCUT2D eigenvalue weighted by Gasteiger charge is -2.19. The maximum absolute atomic E-state index is 5.91. The molecule has 0 aliphatic carbocycles. The molecule has 0 aromatic heterocycles. The minimum atomic E-state index is 0.138. The molecule has 138 valence electrons. The van der Waals surface area contributed by atoms with Crippen LogP contribution in [0.25, 0.3) is 0 Å². The Labute approximate surface area is 165 Å². The summed E-state index contributed by atoms with van der Waals surface area (Å²) in [7, 11) is 0. The first-order valence-corrected chi connectivity index (χ1v) is 9.21. The highest BCUT2D eigenvalue weighted by atomic mass is 35.5. The summed E-state index contributed by atoms with van der Waals surface area (Å²) in [5, 5.41) is 4.93. The number of benzene rings is 3. The monoisotopic (exact) mass is 378 g/mol. The van der Waals surface area contributed by atoms with Gasteiger partial charge >= 0.3 is 0 Å². The molecular weight excluding hydrogens is 356 g/mol. The lowest BCUT2D eigenvalue weighted by Crippen LogP contribution is -2.10. The van der Waals surface area contributed by atoms with E-state index in [1.54, 1.807) is 6.21 Å². The third-order valence-electron chi connectivity index (χ3n) is 4.09. The van der Waals surface area contributed by atoms with Crippen LogP contribution < -0.4 is 10.2 Å². The predicted molar refractivity (Wildman–Crippen MR) is 114 cm³/mol. The Hall–Kier alpha value is -2.78. The van der Waals surface area contributed by atoms with Gasteiger partial charge in [-0.1, -0.05) is 44.5 Å². The average molecular weight is 379 g/mol. The summed E-state index contributed by atoms with van der Waals surface area (Å²) in [6.45, 7) is 6.60. The Kier molecular flexibility index (Phi) is 5.82. The quantitative estimate of drug-likeness (QED) is 0.388. The van der Waals surface area contributed by atoms with E-state index in [9.17, 15) is 0 Å². The van der Waals surface area contributed by atoms with Gasteiger partial charge in [0.15, 0.2) is 0 Å². The smallest absolute Gasteiger partial charge is 0.127 e. The number of halogens is 1. The number of anilines is 1. The number of rotatable bonds is 5. The van der Waals surface area contributed by atoms with Crippen molar-refractivity contribution in [2.45, 2.75) is 26.2 Å². The van der Waals surface area contributed by atoms with Crippen LogP contribution in [0.5, 0.6) is 11.5 Å². The standard InChI is InChI=1S/C23H23ClN2O/c1-23(2,3)18-6-14-22(15-7-18)27-21-12-4-17(5-13-21)16-25-26-20-10-8-19(24)9-11-20/h4-16,26H,1-3H3. The molecule has 0 unspecified atom stereocenters. The number of nitrogens with one attached hydrogen (secondary N) is 1. The molecule has 0 bridgehead atoms. The fourth-order valence-electron chi connectivity index (χ4n) is 2.49. The molecular formula is C23H23ClN2O. The number of hydrogen-bond acceptors (Lipinski definition) is 3. The second-order valence-electron chi connectivity index (χ2n) is 7.32. The van der Waals surface area contributed by atoms with Crippen molar-refractivity contribution >= 4 is 23.5 Å². The molecule has 3 rings (SSSR count). The molecule has 0 spiro atoms. The predicted octanol–water partition coefficient (Wildman–Crippen LogP) is 6.88. The maximum Gasteiger partial charge on any atom is 0.127 e. The summed E-state index contributed by atoms with van der Waals surface area (Å²) in [6.07, 6.45) is 1.76. The van der Waals surface area contributed by atoms with Gasteiger partial charge in [0.2, 0.25) is 0 Å². The third kappa shape index (κ3) is 5.60. The van der Waals surface area contributed by atoms with Crippen LogP contribution in [0, 0.1) is 0 Å².